The molecule has 0 bridgehead atoms. The van der Waals surface area contributed by atoms with Crippen molar-refractivity contribution in [3.8, 4) is 0 Å². The molecule has 0 radical (unpaired) electrons. The average Bonchev–Trinajstić information content (AvgIpc) is 2.40. The number of nitrogens with zero attached hydrogens (tertiary/aromatic N) is 2. The highest BCUT2D eigenvalue weighted by molar-refractivity contribution is 7.89. The number of aromatic nitrogens is 1. The molecule has 2 heterocycles. The molecule has 2 rings (SSSR count). The van der Waals surface area contributed by atoms with E-state index in [9.17, 15) is 8.42 Å². The van der Waals surface area contributed by atoms with Crippen molar-refractivity contribution < 1.29 is 8.42 Å². The Kier molecular flexibility index (Phi) is 4.31. The number of rotatable bonds is 4. The molecule has 1 saturated heterocycles. The van der Waals surface area contributed by atoms with Crippen LogP contribution in [0.4, 0.5) is 0 Å². The molecule has 1 aromatic heterocycles. The molecule has 1 aliphatic heterocycles. The molecular weight excluding hydrogens is 250 g/mol. The van der Waals surface area contributed by atoms with E-state index in [1.807, 2.05) is 6.07 Å². The zero-order valence-electron chi connectivity index (χ0n) is 10.3. The first-order valence-electron chi connectivity index (χ1n) is 6.24. The van der Waals surface area contributed by atoms with E-state index in [1.165, 1.54) is 0 Å². The monoisotopic (exact) mass is 269 g/mol. The van der Waals surface area contributed by atoms with Crippen molar-refractivity contribution in [3.05, 3.63) is 30.1 Å². The lowest BCUT2D eigenvalue weighted by Crippen LogP contribution is -2.39. The normalized spacial score (nSPS) is 19.6. The van der Waals surface area contributed by atoms with Crippen molar-refractivity contribution >= 4 is 10.0 Å². The van der Waals surface area contributed by atoms with Gasteiger partial charge in [0.2, 0.25) is 10.0 Å². The van der Waals surface area contributed by atoms with Gasteiger partial charge in [0, 0.05) is 19.3 Å². The van der Waals surface area contributed by atoms with Gasteiger partial charge in [0.05, 0.1) is 17.5 Å². The number of nitrogens with two attached hydrogens (primary N) is 1. The van der Waals surface area contributed by atoms with Gasteiger partial charge in [0.25, 0.3) is 0 Å². The summed E-state index contributed by atoms with van der Waals surface area (Å²) < 4.78 is 25.9. The van der Waals surface area contributed by atoms with Crippen LogP contribution in [-0.2, 0) is 10.0 Å². The van der Waals surface area contributed by atoms with Gasteiger partial charge >= 0.3 is 0 Å². The highest BCUT2D eigenvalue weighted by Gasteiger charge is 2.26. The van der Waals surface area contributed by atoms with Crippen LogP contribution in [0.3, 0.4) is 0 Å². The van der Waals surface area contributed by atoms with Crippen LogP contribution < -0.4 is 5.73 Å². The summed E-state index contributed by atoms with van der Waals surface area (Å²) >= 11 is 0. The molecule has 18 heavy (non-hydrogen) atoms. The average molecular weight is 269 g/mol. The molecule has 1 atom stereocenters. The molecule has 0 spiro atoms. The Morgan fingerprint density at radius 3 is 2.61 bits per heavy atom. The second-order valence-corrected chi connectivity index (χ2v) is 6.61. The third kappa shape index (κ3) is 3.28. The van der Waals surface area contributed by atoms with Crippen LogP contribution >= 0.6 is 0 Å². The highest BCUT2D eigenvalue weighted by Crippen LogP contribution is 2.17. The van der Waals surface area contributed by atoms with Gasteiger partial charge in [-0.15, -0.1) is 0 Å². The highest BCUT2D eigenvalue weighted by atomic mass is 32.2. The first kappa shape index (κ1) is 13.5. The smallest absolute Gasteiger partial charge is 0.216 e. The molecule has 6 heteroatoms. The summed E-state index contributed by atoms with van der Waals surface area (Å²) in [5.74, 6) is -0.0655. The lowest BCUT2D eigenvalue weighted by Gasteiger charge is -2.27. The van der Waals surface area contributed by atoms with Gasteiger partial charge in [-0.2, -0.15) is 0 Å². The van der Waals surface area contributed by atoms with E-state index in [0.717, 1.165) is 19.3 Å². The Morgan fingerprint density at radius 2 is 2.00 bits per heavy atom. The van der Waals surface area contributed by atoms with Crippen LogP contribution in [0.25, 0.3) is 0 Å². The molecule has 0 saturated carbocycles. The molecule has 0 aliphatic carbocycles. The van der Waals surface area contributed by atoms with Gasteiger partial charge in [0.15, 0.2) is 0 Å². The fourth-order valence-electron chi connectivity index (χ4n) is 2.16. The maximum atomic E-state index is 12.2. The van der Waals surface area contributed by atoms with Crippen molar-refractivity contribution in [3.63, 3.8) is 0 Å². The Labute approximate surface area is 108 Å². The SMILES string of the molecule is NC(CS(=O)(=O)N1CCCCC1)c1ccccn1. The van der Waals surface area contributed by atoms with E-state index >= 15 is 0 Å². The van der Waals surface area contributed by atoms with E-state index in [2.05, 4.69) is 4.98 Å². The summed E-state index contributed by atoms with van der Waals surface area (Å²) in [7, 11) is -3.26. The van der Waals surface area contributed by atoms with Crippen LogP contribution in [0.15, 0.2) is 24.4 Å². The molecular formula is C12H19N3O2S. The summed E-state index contributed by atoms with van der Waals surface area (Å²) in [4.78, 5) is 4.10. The van der Waals surface area contributed by atoms with Crippen molar-refractivity contribution in [2.45, 2.75) is 25.3 Å². The molecule has 1 unspecified atom stereocenters. The van der Waals surface area contributed by atoms with Crippen LogP contribution in [-0.4, -0.2) is 36.5 Å². The van der Waals surface area contributed by atoms with Crippen LogP contribution in [0.2, 0.25) is 0 Å². The van der Waals surface area contributed by atoms with Gasteiger partial charge < -0.3 is 5.73 Å². The van der Waals surface area contributed by atoms with Gasteiger partial charge in [0.1, 0.15) is 0 Å². The minimum absolute atomic E-state index is 0.0655. The molecule has 2 N–H and O–H groups in total. The van der Waals surface area contributed by atoms with Gasteiger partial charge in [-0.25, -0.2) is 12.7 Å². The van der Waals surface area contributed by atoms with E-state index in [4.69, 9.17) is 5.73 Å². The Balaban J connectivity index is 2.03. The predicted molar refractivity (Wildman–Crippen MR) is 70.4 cm³/mol. The molecule has 5 nitrogen and oxygen atoms in total. The van der Waals surface area contributed by atoms with Crippen molar-refractivity contribution in [1.29, 1.82) is 0 Å². The lowest BCUT2D eigenvalue weighted by molar-refractivity contribution is 0.345. The summed E-state index contributed by atoms with van der Waals surface area (Å²) in [6, 6.07) is 4.81. The first-order valence-corrected chi connectivity index (χ1v) is 7.85. The van der Waals surface area contributed by atoms with Crippen molar-refractivity contribution in [2.24, 2.45) is 5.73 Å². The standard InChI is InChI=1S/C12H19N3O2S/c13-11(12-6-2-3-7-14-12)10-18(16,17)15-8-4-1-5-9-15/h2-3,6-7,11H,1,4-5,8-10,13H2. The third-order valence-electron chi connectivity index (χ3n) is 3.17. The Morgan fingerprint density at radius 1 is 1.28 bits per heavy atom. The van der Waals surface area contributed by atoms with E-state index in [0.29, 0.717) is 18.8 Å². The second-order valence-electron chi connectivity index (χ2n) is 4.60. The summed E-state index contributed by atoms with van der Waals surface area (Å²) in [6.07, 6.45) is 4.62. The van der Waals surface area contributed by atoms with E-state index in [-0.39, 0.29) is 5.75 Å². The van der Waals surface area contributed by atoms with Crippen LogP contribution in [0.1, 0.15) is 31.0 Å². The number of piperidine rings is 1. The van der Waals surface area contributed by atoms with Gasteiger partial charge in [-0.05, 0) is 25.0 Å². The van der Waals surface area contributed by atoms with Crippen LogP contribution in [0, 0.1) is 0 Å². The predicted octanol–water partition coefficient (Wildman–Crippen LogP) is 0.897. The lowest BCUT2D eigenvalue weighted by atomic mass is 10.2. The molecule has 1 fully saturated rings. The zero-order valence-corrected chi connectivity index (χ0v) is 11.1. The molecule has 100 valence electrons. The van der Waals surface area contributed by atoms with E-state index < -0.39 is 16.1 Å². The van der Waals surface area contributed by atoms with Gasteiger partial charge in [-0.3, -0.25) is 4.98 Å². The van der Waals surface area contributed by atoms with Crippen molar-refractivity contribution in [2.75, 3.05) is 18.8 Å². The van der Waals surface area contributed by atoms with Crippen LogP contribution in [0.5, 0.6) is 0 Å². The Bertz CT molecular complexity index is 469. The largest absolute Gasteiger partial charge is 0.322 e. The zero-order chi connectivity index (χ0) is 13.0. The number of hydrogen-bond acceptors (Lipinski definition) is 4. The number of hydrogen-bond donors (Lipinski definition) is 1. The maximum absolute atomic E-state index is 12.2. The summed E-state index contributed by atoms with van der Waals surface area (Å²) in [6.45, 7) is 1.24. The summed E-state index contributed by atoms with van der Waals surface area (Å²) in [5.41, 5.74) is 6.54. The number of pyridine rings is 1. The molecule has 1 aliphatic rings. The third-order valence-corrected chi connectivity index (χ3v) is 5.10. The van der Waals surface area contributed by atoms with Gasteiger partial charge in [-0.1, -0.05) is 12.5 Å². The minimum Gasteiger partial charge on any atom is -0.322 e. The Hall–Kier alpha value is -0.980. The number of sulfonamides is 1. The molecule has 0 amide bonds. The fraction of sp³-hybridized carbons (Fsp3) is 0.583. The van der Waals surface area contributed by atoms with Crippen molar-refractivity contribution in [1.82, 2.24) is 9.29 Å². The quantitative estimate of drug-likeness (QED) is 0.881. The van der Waals surface area contributed by atoms with E-state index in [1.54, 1.807) is 22.6 Å². The fourth-order valence-corrected chi connectivity index (χ4v) is 3.81. The minimum atomic E-state index is -3.26. The molecule has 1 aromatic rings. The first-order chi connectivity index (χ1) is 8.59. The molecule has 0 aromatic carbocycles. The second kappa shape index (κ2) is 5.77. The summed E-state index contributed by atoms with van der Waals surface area (Å²) in [5, 5.41) is 0. The maximum Gasteiger partial charge on any atom is 0.216 e. The topological polar surface area (TPSA) is 76.3 Å².